The van der Waals surface area contributed by atoms with Gasteiger partial charge in [-0.2, -0.15) is 0 Å². The Labute approximate surface area is 122 Å². The summed E-state index contributed by atoms with van der Waals surface area (Å²) in [5.41, 5.74) is 1.20. The molecule has 1 aliphatic heterocycles. The fourth-order valence-corrected chi connectivity index (χ4v) is 3.51. The second kappa shape index (κ2) is 4.29. The third kappa shape index (κ3) is 1.60. The Morgan fingerprint density at radius 3 is 2.48 bits per heavy atom. The molecule has 0 saturated heterocycles. The maximum absolute atomic E-state index is 13.1. The lowest BCUT2D eigenvalue weighted by Crippen LogP contribution is -2.45. The van der Waals surface area contributed by atoms with Crippen molar-refractivity contribution in [1.29, 1.82) is 0 Å². The summed E-state index contributed by atoms with van der Waals surface area (Å²) in [4.78, 5) is 25.6. The molecule has 21 heavy (non-hydrogen) atoms. The largest absolute Gasteiger partial charge is 0.493 e. The average molecular weight is 278 g/mol. The van der Waals surface area contributed by atoms with Crippen LogP contribution in [0.15, 0.2) is 48.5 Å². The van der Waals surface area contributed by atoms with Crippen LogP contribution in [0.4, 0.5) is 0 Å². The first-order valence-corrected chi connectivity index (χ1v) is 7.12. The molecule has 0 bridgehead atoms. The van der Waals surface area contributed by atoms with Gasteiger partial charge in [0.05, 0.1) is 12.0 Å². The fourth-order valence-electron chi connectivity index (χ4n) is 3.51. The topological polar surface area (TPSA) is 43.4 Å². The highest BCUT2D eigenvalue weighted by atomic mass is 16.5. The number of hydrogen-bond donors (Lipinski definition) is 0. The summed E-state index contributed by atoms with van der Waals surface area (Å²) in [7, 11) is 0. The lowest BCUT2D eigenvalue weighted by atomic mass is 9.63. The molecule has 1 unspecified atom stereocenters. The Hall–Kier alpha value is -2.42. The van der Waals surface area contributed by atoms with Gasteiger partial charge in [0, 0.05) is 23.1 Å². The lowest BCUT2D eigenvalue weighted by molar-refractivity contribution is 0.0728. The number of ether oxygens (including phenoxy) is 1. The molecule has 1 aliphatic carbocycles. The molecule has 0 N–H and O–H groups in total. The van der Waals surface area contributed by atoms with E-state index in [2.05, 4.69) is 0 Å². The van der Waals surface area contributed by atoms with Gasteiger partial charge in [-0.3, -0.25) is 9.59 Å². The van der Waals surface area contributed by atoms with Crippen LogP contribution >= 0.6 is 0 Å². The number of benzene rings is 2. The van der Waals surface area contributed by atoms with Crippen LogP contribution in [0.5, 0.6) is 5.75 Å². The van der Waals surface area contributed by atoms with Gasteiger partial charge in [-0.25, -0.2) is 0 Å². The van der Waals surface area contributed by atoms with Crippen molar-refractivity contribution < 1.29 is 14.3 Å². The lowest BCUT2D eigenvalue weighted by Gasteiger charge is -2.40. The normalized spacial score (nSPS) is 23.4. The average Bonchev–Trinajstić information content (AvgIpc) is 2.53. The van der Waals surface area contributed by atoms with Crippen molar-refractivity contribution >= 4 is 11.6 Å². The summed E-state index contributed by atoms with van der Waals surface area (Å²) in [6.07, 6.45) is 0.798. The van der Waals surface area contributed by atoms with Crippen molar-refractivity contribution in [1.82, 2.24) is 0 Å². The van der Waals surface area contributed by atoms with Crippen molar-refractivity contribution in [3.8, 4) is 5.75 Å². The van der Waals surface area contributed by atoms with Crippen molar-refractivity contribution in [2.24, 2.45) is 0 Å². The van der Waals surface area contributed by atoms with E-state index in [1.807, 2.05) is 30.3 Å². The minimum absolute atomic E-state index is 0.0434. The second-order valence-electron chi connectivity index (χ2n) is 5.65. The van der Waals surface area contributed by atoms with Gasteiger partial charge in [-0.15, -0.1) is 0 Å². The first kappa shape index (κ1) is 12.3. The van der Waals surface area contributed by atoms with Crippen LogP contribution in [-0.2, 0) is 5.41 Å². The van der Waals surface area contributed by atoms with Crippen molar-refractivity contribution in [2.75, 3.05) is 6.61 Å². The van der Waals surface area contributed by atoms with E-state index in [4.69, 9.17) is 4.74 Å². The molecule has 3 heteroatoms. The molecule has 0 radical (unpaired) electrons. The van der Waals surface area contributed by atoms with Gasteiger partial charge in [0.1, 0.15) is 5.75 Å². The number of ketones is 2. The third-order valence-corrected chi connectivity index (χ3v) is 4.56. The Morgan fingerprint density at radius 1 is 0.905 bits per heavy atom. The number of carbonyl (C=O) groups is 2. The molecule has 0 aromatic heterocycles. The summed E-state index contributed by atoms with van der Waals surface area (Å²) in [6, 6.07) is 14.7. The van der Waals surface area contributed by atoms with E-state index in [1.165, 1.54) is 0 Å². The SMILES string of the molecule is O=C1CC2(CCOc3ccccc32)C(=O)c2ccccc21. The molecular weight excluding hydrogens is 264 g/mol. The maximum Gasteiger partial charge on any atom is 0.174 e. The fraction of sp³-hybridized carbons (Fsp3) is 0.222. The molecule has 104 valence electrons. The van der Waals surface area contributed by atoms with Gasteiger partial charge in [-0.05, 0) is 12.5 Å². The standard InChI is InChI=1S/C18H14O3/c19-15-11-18(17(20)13-6-2-1-5-12(13)15)9-10-21-16-8-4-3-7-14(16)18/h1-8H,9-11H2. The Morgan fingerprint density at radius 2 is 1.62 bits per heavy atom. The van der Waals surface area contributed by atoms with E-state index >= 15 is 0 Å². The van der Waals surface area contributed by atoms with Crippen LogP contribution in [0, 0.1) is 0 Å². The molecule has 0 saturated carbocycles. The highest BCUT2D eigenvalue weighted by molar-refractivity contribution is 6.19. The minimum atomic E-state index is -0.750. The van der Waals surface area contributed by atoms with Crippen LogP contribution < -0.4 is 4.74 Å². The van der Waals surface area contributed by atoms with Gasteiger partial charge in [0.25, 0.3) is 0 Å². The van der Waals surface area contributed by atoms with Crippen LogP contribution in [-0.4, -0.2) is 18.2 Å². The second-order valence-corrected chi connectivity index (χ2v) is 5.65. The molecular formula is C18H14O3. The molecule has 3 nitrogen and oxygen atoms in total. The monoisotopic (exact) mass is 278 g/mol. The summed E-state index contributed by atoms with van der Waals surface area (Å²) in [5.74, 6) is 0.819. The molecule has 1 heterocycles. The Kier molecular flexibility index (Phi) is 2.52. The van der Waals surface area contributed by atoms with E-state index in [0.29, 0.717) is 24.2 Å². The van der Waals surface area contributed by atoms with E-state index in [1.54, 1.807) is 18.2 Å². The van der Waals surface area contributed by atoms with Gasteiger partial charge < -0.3 is 4.74 Å². The zero-order valence-corrected chi connectivity index (χ0v) is 11.5. The Bertz CT molecular complexity index is 763. The summed E-state index contributed by atoms with van der Waals surface area (Å²) < 4.78 is 5.66. The Balaban J connectivity index is 1.96. The van der Waals surface area contributed by atoms with Crippen LogP contribution in [0.2, 0.25) is 0 Å². The molecule has 2 aromatic rings. The predicted molar refractivity (Wildman–Crippen MR) is 78.0 cm³/mol. The first-order valence-electron chi connectivity index (χ1n) is 7.12. The number of para-hydroxylation sites is 1. The van der Waals surface area contributed by atoms with Crippen molar-refractivity contribution in [2.45, 2.75) is 18.3 Å². The zero-order chi connectivity index (χ0) is 14.4. The van der Waals surface area contributed by atoms with E-state index in [-0.39, 0.29) is 18.0 Å². The molecule has 1 spiro atoms. The highest BCUT2D eigenvalue weighted by Gasteiger charge is 2.49. The van der Waals surface area contributed by atoms with Gasteiger partial charge in [0.15, 0.2) is 11.6 Å². The highest BCUT2D eigenvalue weighted by Crippen LogP contribution is 2.46. The van der Waals surface area contributed by atoms with E-state index < -0.39 is 5.41 Å². The van der Waals surface area contributed by atoms with Crippen molar-refractivity contribution in [3.05, 3.63) is 65.2 Å². The first-order chi connectivity index (χ1) is 10.2. The number of hydrogen-bond acceptors (Lipinski definition) is 3. The summed E-state index contributed by atoms with van der Waals surface area (Å²) in [5, 5.41) is 0. The quantitative estimate of drug-likeness (QED) is 0.743. The van der Waals surface area contributed by atoms with Gasteiger partial charge in [0.2, 0.25) is 0 Å². The molecule has 0 fully saturated rings. The maximum atomic E-state index is 13.1. The zero-order valence-electron chi connectivity index (χ0n) is 11.5. The number of carbonyl (C=O) groups excluding carboxylic acids is 2. The van der Waals surface area contributed by atoms with E-state index in [9.17, 15) is 9.59 Å². The molecule has 4 rings (SSSR count). The number of Topliss-reactive ketones (excluding diaryl/α,β-unsaturated/α-hetero) is 2. The summed E-state index contributed by atoms with van der Waals surface area (Å²) in [6.45, 7) is 0.470. The smallest absolute Gasteiger partial charge is 0.174 e. The molecule has 2 aromatic carbocycles. The number of rotatable bonds is 0. The molecule has 1 atom stereocenters. The van der Waals surface area contributed by atoms with Crippen LogP contribution in [0.3, 0.4) is 0 Å². The molecule has 2 aliphatic rings. The molecule has 0 amide bonds. The van der Waals surface area contributed by atoms with E-state index in [0.717, 1.165) is 11.3 Å². The van der Waals surface area contributed by atoms with Gasteiger partial charge in [-0.1, -0.05) is 42.5 Å². The third-order valence-electron chi connectivity index (χ3n) is 4.56. The minimum Gasteiger partial charge on any atom is -0.493 e. The van der Waals surface area contributed by atoms with Crippen LogP contribution in [0.25, 0.3) is 0 Å². The van der Waals surface area contributed by atoms with Crippen molar-refractivity contribution in [3.63, 3.8) is 0 Å². The summed E-state index contributed by atoms with van der Waals surface area (Å²) >= 11 is 0. The van der Waals surface area contributed by atoms with Gasteiger partial charge >= 0.3 is 0 Å². The predicted octanol–water partition coefficient (Wildman–Crippen LogP) is 3.18. The number of fused-ring (bicyclic) bond motifs is 3. The van der Waals surface area contributed by atoms with Crippen LogP contribution in [0.1, 0.15) is 39.1 Å².